The second kappa shape index (κ2) is 7.95. The fraction of sp³-hybridized carbons (Fsp3) is 0.444. The molecule has 1 aromatic heterocycles. The molecule has 2 heterocycles. The van der Waals surface area contributed by atoms with Gasteiger partial charge in [-0.15, -0.1) is 0 Å². The van der Waals surface area contributed by atoms with E-state index in [0.717, 1.165) is 25.9 Å². The van der Waals surface area contributed by atoms with Crippen molar-refractivity contribution in [1.29, 1.82) is 5.26 Å². The summed E-state index contributed by atoms with van der Waals surface area (Å²) in [6, 6.07) is 11.2. The number of aliphatic hydroxyl groups excluding tert-OH is 1. The molecule has 2 N–H and O–H groups in total. The normalized spacial score (nSPS) is 17.3. The van der Waals surface area contributed by atoms with E-state index in [1.54, 1.807) is 24.4 Å². The quantitative estimate of drug-likeness (QED) is 0.847. The van der Waals surface area contributed by atoms with E-state index in [1.807, 2.05) is 12.1 Å². The molecule has 0 radical (unpaired) electrons. The molecule has 0 bridgehead atoms. The van der Waals surface area contributed by atoms with Gasteiger partial charge in [-0.2, -0.15) is 10.4 Å². The van der Waals surface area contributed by atoms with E-state index in [4.69, 9.17) is 10.00 Å². The van der Waals surface area contributed by atoms with Crippen LogP contribution in [0.2, 0.25) is 0 Å². The topological polar surface area (TPSA) is 85.2 Å². The SMILES string of the molecule is N#Cc1ccccc1OCC(O)CN1CCC(c2ccn[nH]2)CC1. The predicted molar refractivity (Wildman–Crippen MR) is 89.7 cm³/mol. The minimum Gasteiger partial charge on any atom is -0.489 e. The number of rotatable bonds is 6. The Balaban J connectivity index is 1.43. The third-order valence-electron chi connectivity index (χ3n) is 4.46. The average molecular weight is 326 g/mol. The number of aliphatic hydroxyl groups is 1. The molecule has 2 aromatic rings. The Bertz CT molecular complexity index is 673. The first kappa shape index (κ1) is 16.5. The summed E-state index contributed by atoms with van der Waals surface area (Å²) in [6.45, 7) is 2.69. The molecule has 126 valence electrons. The summed E-state index contributed by atoms with van der Waals surface area (Å²) >= 11 is 0. The first-order valence-electron chi connectivity index (χ1n) is 8.28. The smallest absolute Gasteiger partial charge is 0.137 e. The van der Waals surface area contributed by atoms with E-state index < -0.39 is 6.10 Å². The van der Waals surface area contributed by atoms with Gasteiger partial charge in [0.2, 0.25) is 0 Å². The number of likely N-dealkylation sites (tertiary alicyclic amines) is 1. The zero-order chi connectivity index (χ0) is 16.8. The molecule has 1 aliphatic rings. The lowest BCUT2D eigenvalue weighted by Crippen LogP contribution is -2.40. The third kappa shape index (κ3) is 4.13. The van der Waals surface area contributed by atoms with Gasteiger partial charge in [0.15, 0.2) is 0 Å². The van der Waals surface area contributed by atoms with Crippen LogP contribution in [0.3, 0.4) is 0 Å². The molecule has 0 amide bonds. The van der Waals surface area contributed by atoms with Crippen LogP contribution in [0.25, 0.3) is 0 Å². The molecule has 24 heavy (non-hydrogen) atoms. The van der Waals surface area contributed by atoms with Gasteiger partial charge in [0.25, 0.3) is 0 Å². The first-order chi connectivity index (χ1) is 11.8. The Morgan fingerprint density at radius 2 is 2.12 bits per heavy atom. The number of nitrogens with zero attached hydrogens (tertiary/aromatic N) is 3. The van der Waals surface area contributed by atoms with Gasteiger partial charge in [-0.3, -0.25) is 5.10 Å². The summed E-state index contributed by atoms with van der Waals surface area (Å²) in [6.07, 6.45) is 3.35. The molecule has 0 saturated carbocycles. The van der Waals surface area contributed by atoms with Crippen LogP contribution in [-0.2, 0) is 0 Å². The number of hydrogen-bond acceptors (Lipinski definition) is 5. The first-order valence-corrected chi connectivity index (χ1v) is 8.28. The summed E-state index contributed by atoms with van der Waals surface area (Å²) in [7, 11) is 0. The van der Waals surface area contributed by atoms with Gasteiger partial charge in [-0.25, -0.2) is 0 Å². The number of aromatic amines is 1. The largest absolute Gasteiger partial charge is 0.489 e. The summed E-state index contributed by atoms with van der Waals surface area (Å²) < 4.78 is 5.60. The number of nitriles is 1. The highest BCUT2D eigenvalue weighted by Crippen LogP contribution is 2.26. The third-order valence-corrected chi connectivity index (χ3v) is 4.46. The molecule has 1 aromatic carbocycles. The highest BCUT2D eigenvalue weighted by Gasteiger charge is 2.23. The number of nitrogens with one attached hydrogen (secondary N) is 1. The fourth-order valence-electron chi connectivity index (χ4n) is 3.14. The number of benzene rings is 1. The van der Waals surface area contributed by atoms with E-state index in [2.05, 4.69) is 21.2 Å². The standard InChI is InChI=1S/C18H22N4O2/c19-11-15-3-1-2-4-18(15)24-13-16(23)12-22-9-6-14(7-10-22)17-5-8-20-21-17/h1-5,8,14,16,23H,6-7,9-10,12-13H2,(H,20,21). The molecular weight excluding hydrogens is 304 g/mol. The number of hydrogen-bond donors (Lipinski definition) is 2. The molecule has 0 aliphatic carbocycles. The fourth-order valence-corrected chi connectivity index (χ4v) is 3.14. The summed E-state index contributed by atoms with van der Waals surface area (Å²) in [4.78, 5) is 2.26. The second-order valence-corrected chi connectivity index (χ2v) is 6.16. The lowest BCUT2D eigenvalue weighted by Gasteiger charge is -2.32. The maximum atomic E-state index is 10.2. The lowest BCUT2D eigenvalue weighted by molar-refractivity contribution is 0.0592. The zero-order valence-electron chi connectivity index (χ0n) is 13.6. The van der Waals surface area contributed by atoms with E-state index in [1.165, 1.54) is 5.69 Å². The van der Waals surface area contributed by atoms with Crippen LogP contribution >= 0.6 is 0 Å². The van der Waals surface area contributed by atoms with Crippen molar-refractivity contribution in [3.05, 3.63) is 47.8 Å². The molecule has 1 aliphatic heterocycles. The summed E-state index contributed by atoms with van der Waals surface area (Å²) in [5, 5.41) is 26.3. The molecule has 0 spiro atoms. The maximum absolute atomic E-state index is 10.2. The Morgan fingerprint density at radius 3 is 2.83 bits per heavy atom. The zero-order valence-corrected chi connectivity index (χ0v) is 13.6. The van der Waals surface area contributed by atoms with E-state index >= 15 is 0 Å². The van der Waals surface area contributed by atoms with Crippen LogP contribution in [0.1, 0.15) is 30.0 Å². The highest BCUT2D eigenvalue weighted by atomic mass is 16.5. The number of piperidine rings is 1. The van der Waals surface area contributed by atoms with Gasteiger partial charge in [0, 0.05) is 24.4 Å². The molecule has 1 saturated heterocycles. The Kier molecular flexibility index (Phi) is 5.47. The van der Waals surface area contributed by atoms with Crippen molar-refractivity contribution in [1.82, 2.24) is 15.1 Å². The van der Waals surface area contributed by atoms with Crippen molar-refractivity contribution in [2.45, 2.75) is 24.9 Å². The maximum Gasteiger partial charge on any atom is 0.137 e. The number of H-pyrrole nitrogens is 1. The van der Waals surface area contributed by atoms with Gasteiger partial charge in [0.1, 0.15) is 24.5 Å². The van der Waals surface area contributed by atoms with Crippen LogP contribution in [0.5, 0.6) is 5.75 Å². The molecule has 3 rings (SSSR count). The molecule has 1 atom stereocenters. The van der Waals surface area contributed by atoms with Gasteiger partial charge < -0.3 is 14.7 Å². The Morgan fingerprint density at radius 1 is 1.33 bits per heavy atom. The Labute approximate surface area is 141 Å². The summed E-state index contributed by atoms with van der Waals surface area (Å²) in [5.74, 6) is 1.05. The average Bonchev–Trinajstić information content (AvgIpc) is 3.15. The number of aromatic nitrogens is 2. The van der Waals surface area contributed by atoms with Crippen molar-refractivity contribution < 1.29 is 9.84 Å². The van der Waals surface area contributed by atoms with Crippen LogP contribution in [0.4, 0.5) is 0 Å². The lowest BCUT2D eigenvalue weighted by atomic mass is 9.93. The monoisotopic (exact) mass is 326 g/mol. The van der Waals surface area contributed by atoms with Crippen LogP contribution < -0.4 is 4.74 Å². The van der Waals surface area contributed by atoms with Gasteiger partial charge in [-0.1, -0.05) is 12.1 Å². The van der Waals surface area contributed by atoms with Crippen molar-refractivity contribution in [2.75, 3.05) is 26.2 Å². The van der Waals surface area contributed by atoms with Gasteiger partial charge >= 0.3 is 0 Å². The van der Waals surface area contributed by atoms with Gasteiger partial charge in [0.05, 0.1) is 5.56 Å². The molecule has 1 unspecified atom stereocenters. The van der Waals surface area contributed by atoms with Gasteiger partial charge in [-0.05, 0) is 44.1 Å². The van der Waals surface area contributed by atoms with Crippen LogP contribution in [0.15, 0.2) is 36.5 Å². The van der Waals surface area contributed by atoms with Crippen molar-refractivity contribution >= 4 is 0 Å². The molecule has 6 heteroatoms. The van der Waals surface area contributed by atoms with Crippen LogP contribution in [0, 0.1) is 11.3 Å². The van der Waals surface area contributed by atoms with E-state index in [9.17, 15) is 5.11 Å². The van der Waals surface area contributed by atoms with Crippen molar-refractivity contribution in [2.24, 2.45) is 0 Å². The minimum atomic E-state index is -0.569. The highest BCUT2D eigenvalue weighted by molar-refractivity contribution is 5.42. The molecule has 6 nitrogen and oxygen atoms in total. The molecule has 1 fully saturated rings. The molecular formula is C18H22N4O2. The minimum absolute atomic E-state index is 0.194. The number of β-amino-alcohol motifs (C(OH)–C–C–N with tert-alkyl or cyclic N) is 1. The van der Waals surface area contributed by atoms with Crippen LogP contribution in [-0.4, -0.2) is 52.5 Å². The van der Waals surface area contributed by atoms with Crippen molar-refractivity contribution in [3.63, 3.8) is 0 Å². The number of ether oxygens (including phenoxy) is 1. The Hall–Kier alpha value is -2.36. The summed E-state index contributed by atoms with van der Waals surface area (Å²) in [5.41, 5.74) is 1.69. The van der Waals surface area contributed by atoms with E-state index in [-0.39, 0.29) is 6.61 Å². The second-order valence-electron chi connectivity index (χ2n) is 6.16. The van der Waals surface area contributed by atoms with E-state index in [0.29, 0.717) is 23.8 Å². The van der Waals surface area contributed by atoms with Crippen molar-refractivity contribution in [3.8, 4) is 11.8 Å². The predicted octanol–water partition coefficient (Wildman–Crippen LogP) is 1.90. The number of para-hydroxylation sites is 1.